The molecule has 0 spiro atoms. The Bertz CT molecular complexity index is 1020. The molecule has 3 aromatic rings. The average Bonchev–Trinajstić information content (AvgIpc) is 2.78. The summed E-state index contributed by atoms with van der Waals surface area (Å²) in [5, 5.41) is 3.19. The molecule has 160 valence electrons. The Morgan fingerprint density at radius 3 is 2.13 bits per heavy atom. The summed E-state index contributed by atoms with van der Waals surface area (Å²) in [5.74, 6) is 1.04. The number of benzene rings is 2. The van der Waals surface area contributed by atoms with Crippen LogP contribution < -0.4 is 15.7 Å². The van der Waals surface area contributed by atoms with Gasteiger partial charge in [-0.1, -0.05) is 60.7 Å². The van der Waals surface area contributed by atoms with Crippen molar-refractivity contribution in [1.82, 2.24) is 10.2 Å². The monoisotopic (exact) mass is 418 g/mol. The lowest BCUT2D eigenvalue weighted by atomic mass is 9.99. The molecular weight excluding hydrogens is 392 g/mol. The third kappa shape index (κ3) is 5.34. The molecule has 2 amide bonds. The Labute approximate surface area is 181 Å². The van der Waals surface area contributed by atoms with Gasteiger partial charge in [0.25, 0.3) is 0 Å². The summed E-state index contributed by atoms with van der Waals surface area (Å²) in [7, 11) is 0. The number of hydrogen-bond donors (Lipinski definition) is 1. The number of nitrogens with one attached hydrogen (secondary N) is 1. The van der Waals surface area contributed by atoms with E-state index < -0.39 is 5.63 Å². The molecule has 1 aromatic heterocycles. The van der Waals surface area contributed by atoms with Crippen molar-refractivity contribution in [3.63, 3.8) is 0 Å². The second-order valence-electron chi connectivity index (χ2n) is 7.73. The number of rotatable bonds is 5. The van der Waals surface area contributed by atoms with Crippen LogP contribution in [0.2, 0.25) is 0 Å². The first-order chi connectivity index (χ1) is 15.1. The van der Waals surface area contributed by atoms with E-state index in [0.717, 1.165) is 11.1 Å². The topological polar surface area (TPSA) is 71.8 Å². The Balaban J connectivity index is 1.39. The second kappa shape index (κ2) is 9.51. The van der Waals surface area contributed by atoms with Gasteiger partial charge in [-0.15, -0.1) is 0 Å². The molecule has 1 fully saturated rings. The van der Waals surface area contributed by atoms with Gasteiger partial charge in [-0.05, 0) is 18.1 Å². The molecule has 6 nitrogen and oxygen atoms in total. The number of ether oxygens (including phenoxy) is 1. The molecule has 1 N–H and O–H groups in total. The molecular formula is C25H26N2O4. The molecule has 1 aliphatic rings. The third-order valence-corrected chi connectivity index (χ3v) is 5.43. The van der Waals surface area contributed by atoms with Gasteiger partial charge >= 0.3 is 11.7 Å². The minimum Gasteiger partial charge on any atom is -0.490 e. The van der Waals surface area contributed by atoms with Crippen molar-refractivity contribution < 1.29 is 13.9 Å². The van der Waals surface area contributed by atoms with Crippen LogP contribution in [0.3, 0.4) is 0 Å². The fraction of sp³-hybridized carbons (Fsp3) is 0.280. The lowest BCUT2D eigenvalue weighted by Crippen LogP contribution is -2.47. The molecule has 0 atom stereocenters. The molecule has 0 radical (unpaired) electrons. The van der Waals surface area contributed by atoms with Gasteiger partial charge in [-0.25, -0.2) is 9.59 Å². The highest BCUT2D eigenvalue weighted by Crippen LogP contribution is 2.23. The van der Waals surface area contributed by atoms with Gasteiger partial charge < -0.3 is 19.4 Å². The number of amides is 2. The summed E-state index contributed by atoms with van der Waals surface area (Å²) in [6, 6.07) is 22.7. The van der Waals surface area contributed by atoms with Crippen molar-refractivity contribution in [2.45, 2.75) is 31.9 Å². The largest absolute Gasteiger partial charge is 0.490 e. The highest BCUT2D eigenvalue weighted by Gasteiger charge is 2.26. The minimum atomic E-state index is -0.417. The van der Waals surface area contributed by atoms with Crippen LogP contribution in [-0.2, 0) is 0 Å². The van der Waals surface area contributed by atoms with E-state index in [2.05, 4.69) is 5.32 Å². The Kier molecular flexibility index (Phi) is 6.36. The summed E-state index contributed by atoms with van der Waals surface area (Å²) in [6.07, 6.45) is 1.37. The lowest BCUT2D eigenvalue weighted by molar-refractivity contribution is 0.109. The number of hydrogen-bond acceptors (Lipinski definition) is 4. The van der Waals surface area contributed by atoms with E-state index in [4.69, 9.17) is 9.15 Å². The van der Waals surface area contributed by atoms with Gasteiger partial charge in [0.05, 0.1) is 12.1 Å². The molecule has 1 saturated heterocycles. The minimum absolute atomic E-state index is 0.0377. The van der Waals surface area contributed by atoms with Crippen molar-refractivity contribution >= 4 is 6.03 Å². The molecule has 2 heterocycles. The lowest BCUT2D eigenvalue weighted by Gasteiger charge is -2.33. The SMILES string of the molecule is Cc1cc(OC2CCN(C(=O)NC(c3ccccc3)c3ccccc3)CC2)cc(=O)o1. The molecule has 0 unspecified atom stereocenters. The van der Waals surface area contributed by atoms with Crippen LogP contribution in [0.25, 0.3) is 0 Å². The number of carbonyl (C=O) groups excluding carboxylic acids is 1. The summed E-state index contributed by atoms with van der Waals surface area (Å²) in [5.41, 5.74) is 1.66. The van der Waals surface area contributed by atoms with Crippen LogP contribution in [-0.4, -0.2) is 30.1 Å². The quantitative estimate of drug-likeness (QED) is 0.671. The van der Waals surface area contributed by atoms with E-state index in [-0.39, 0.29) is 18.2 Å². The van der Waals surface area contributed by atoms with E-state index >= 15 is 0 Å². The Morgan fingerprint density at radius 2 is 1.58 bits per heavy atom. The van der Waals surface area contributed by atoms with Crippen LogP contribution in [0.4, 0.5) is 4.79 Å². The fourth-order valence-corrected chi connectivity index (χ4v) is 3.88. The highest BCUT2D eigenvalue weighted by molar-refractivity contribution is 5.75. The van der Waals surface area contributed by atoms with Gasteiger partial charge in [-0.3, -0.25) is 0 Å². The summed E-state index contributed by atoms with van der Waals surface area (Å²) >= 11 is 0. The zero-order valence-corrected chi connectivity index (χ0v) is 17.5. The summed E-state index contributed by atoms with van der Waals surface area (Å²) in [4.78, 5) is 26.4. The number of nitrogens with zero attached hydrogens (tertiary/aromatic N) is 1. The van der Waals surface area contributed by atoms with E-state index in [1.54, 1.807) is 13.0 Å². The zero-order valence-electron chi connectivity index (χ0n) is 17.5. The fourth-order valence-electron chi connectivity index (χ4n) is 3.88. The predicted octanol–water partition coefficient (Wildman–Crippen LogP) is 4.29. The van der Waals surface area contributed by atoms with E-state index in [9.17, 15) is 9.59 Å². The zero-order chi connectivity index (χ0) is 21.6. The first-order valence-electron chi connectivity index (χ1n) is 10.5. The number of urea groups is 1. The van der Waals surface area contributed by atoms with Crippen LogP contribution in [0.15, 0.2) is 82.0 Å². The smallest absolute Gasteiger partial charge is 0.339 e. The molecule has 31 heavy (non-hydrogen) atoms. The molecule has 1 aliphatic heterocycles. The van der Waals surface area contributed by atoms with Crippen molar-refractivity contribution in [3.05, 3.63) is 100 Å². The van der Waals surface area contributed by atoms with Crippen LogP contribution in [0.5, 0.6) is 5.75 Å². The van der Waals surface area contributed by atoms with Gasteiger partial charge in [0.15, 0.2) is 0 Å². The van der Waals surface area contributed by atoms with E-state index in [1.807, 2.05) is 65.6 Å². The van der Waals surface area contributed by atoms with Crippen molar-refractivity contribution in [2.24, 2.45) is 0 Å². The first-order valence-corrected chi connectivity index (χ1v) is 10.5. The van der Waals surface area contributed by atoms with Crippen LogP contribution >= 0.6 is 0 Å². The van der Waals surface area contributed by atoms with Crippen LogP contribution in [0.1, 0.15) is 35.8 Å². The van der Waals surface area contributed by atoms with Gasteiger partial charge in [0.1, 0.15) is 17.6 Å². The summed E-state index contributed by atoms with van der Waals surface area (Å²) in [6.45, 7) is 2.90. The van der Waals surface area contributed by atoms with Gasteiger partial charge in [0.2, 0.25) is 0 Å². The maximum Gasteiger partial charge on any atom is 0.339 e. The van der Waals surface area contributed by atoms with E-state index in [0.29, 0.717) is 37.4 Å². The van der Waals surface area contributed by atoms with E-state index in [1.165, 1.54) is 6.07 Å². The van der Waals surface area contributed by atoms with Crippen molar-refractivity contribution in [3.8, 4) is 5.75 Å². The Hall–Kier alpha value is -3.54. The third-order valence-electron chi connectivity index (χ3n) is 5.43. The average molecular weight is 418 g/mol. The molecule has 0 aliphatic carbocycles. The van der Waals surface area contributed by atoms with Gasteiger partial charge in [0, 0.05) is 32.0 Å². The molecule has 6 heteroatoms. The van der Waals surface area contributed by atoms with Gasteiger partial charge in [-0.2, -0.15) is 0 Å². The van der Waals surface area contributed by atoms with Crippen molar-refractivity contribution in [2.75, 3.05) is 13.1 Å². The standard InChI is InChI=1S/C25H26N2O4/c1-18-16-22(17-23(28)30-18)31-21-12-14-27(15-13-21)25(29)26-24(19-8-4-2-5-9-19)20-10-6-3-7-11-20/h2-11,16-17,21,24H,12-15H2,1H3,(H,26,29). The predicted molar refractivity (Wildman–Crippen MR) is 118 cm³/mol. The molecule has 0 saturated carbocycles. The highest BCUT2D eigenvalue weighted by atomic mass is 16.5. The Morgan fingerprint density at radius 1 is 1.00 bits per heavy atom. The second-order valence-corrected chi connectivity index (χ2v) is 7.73. The summed E-state index contributed by atoms with van der Waals surface area (Å²) < 4.78 is 10.9. The maximum atomic E-state index is 13.0. The molecule has 2 aromatic carbocycles. The number of carbonyl (C=O) groups is 1. The normalized spacial score (nSPS) is 14.5. The first kappa shape index (κ1) is 20.7. The van der Waals surface area contributed by atoms with Crippen LogP contribution in [0, 0.1) is 6.92 Å². The number of aryl methyl sites for hydroxylation is 1. The molecule has 4 rings (SSSR count). The molecule has 0 bridgehead atoms. The number of likely N-dealkylation sites (tertiary alicyclic amines) is 1. The van der Waals surface area contributed by atoms with Crippen molar-refractivity contribution in [1.29, 1.82) is 0 Å². The number of piperidine rings is 1. The maximum absolute atomic E-state index is 13.0.